The molecule has 0 bridgehead atoms. The molecule has 0 amide bonds. The zero-order chi connectivity index (χ0) is 10.9. The zero-order valence-corrected chi connectivity index (χ0v) is 10.9. The van der Waals surface area contributed by atoms with Crippen molar-refractivity contribution in [3.8, 4) is 0 Å². The first kappa shape index (κ1) is 13.3. The molecule has 1 aliphatic carbocycles. The van der Waals surface area contributed by atoms with Gasteiger partial charge in [0.1, 0.15) is 0 Å². The Morgan fingerprint density at radius 3 is 2.67 bits per heavy atom. The Hall–Kier alpha value is 0.250. The Balaban J connectivity index is 1.87. The number of nitrogens with one attached hydrogen (secondary N) is 1. The van der Waals surface area contributed by atoms with E-state index in [0.29, 0.717) is 5.92 Å². The highest BCUT2D eigenvalue weighted by Crippen LogP contribution is 2.22. The Morgan fingerprint density at radius 1 is 1.27 bits per heavy atom. The van der Waals surface area contributed by atoms with Gasteiger partial charge >= 0.3 is 0 Å². The van der Waals surface area contributed by atoms with Crippen LogP contribution in [0.25, 0.3) is 0 Å². The standard InChI is InChI=1S/C13H26ClN/c1-12(10-14)6-5-9-15-11-13-7-3-2-4-8-13/h12-13,15H,2-11H2,1H3. The van der Waals surface area contributed by atoms with Crippen molar-refractivity contribution >= 4 is 11.6 Å². The van der Waals surface area contributed by atoms with E-state index in [1.165, 1.54) is 58.0 Å². The van der Waals surface area contributed by atoms with E-state index in [2.05, 4.69) is 12.2 Å². The molecule has 0 aromatic rings. The molecule has 1 aliphatic rings. The molecule has 1 fully saturated rings. The van der Waals surface area contributed by atoms with Gasteiger partial charge in [-0.15, -0.1) is 11.6 Å². The average Bonchev–Trinajstić information content (AvgIpc) is 2.29. The first-order valence-corrected chi connectivity index (χ1v) is 7.13. The van der Waals surface area contributed by atoms with E-state index < -0.39 is 0 Å². The maximum atomic E-state index is 5.77. The Bertz CT molecular complexity index is 143. The lowest BCUT2D eigenvalue weighted by molar-refractivity contribution is 0.340. The number of hydrogen-bond donors (Lipinski definition) is 1. The minimum Gasteiger partial charge on any atom is -0.316 e. The van der Waals surface area contributed by atoms with Crippen molar-refractivity contribution in [1.82, 2.24) is 5.32 Å². The predicted octanol–water partition coefficient (Wildman–Crippen LogP) is 3.81. The van der Waals surface area contributed by atoms with Gasteiger partial charge in [0.25, 0.3) is 0 Å². The third-order valence-electron chi connectivity index (χ3n) is 3.47. The van der Waals surface area contributed by atoms with Gasteiger partial charge in [-0.3, -0.25) is 0 Å². The highest BCUT2D eigenvalue weighted by atomic mass is 35.5. The second-order valence-corrected chi connectivity index (χ2v) is 5.42. The van der Waals surface area contributed by atoms with Crippen LogP contribution in [-0.4, -0.2) is 19.0 Å². The molecule has 90 valence electrons. The molecule has 0 aromatic carbocycles. The summed E-state index contributed by atoms with van der Waals surface area (Å²) in [5.41, 5.74) is 0. The van der Waals surface area contributed by atoms with Gasteiger partial charge in [-0.25, -0.2) is 0 Å². The smallest absolute Gasteiger partial charge is 0.0249 e. The van der Waals surface area contributed by atoms with E-state index in [1.54, 1.807) is 0 Å². The molecule has 15 heavy (non-hydrogen) atoms. The van der Waals surface area contributed by atoms with E-state index in [9.17, 15) is 0 Å². The lowest BCUT2D eigenvalue weighted by Crippen LogP contribution is -2.25. The summed E-state index contributed by atoms with van der Waals surface area (Å²) in [5.74, 6) is 2.45. The molecule has 1 atom stereocenters. The van der Waals surface area contributed by atoms with Crippen molar-refractivity contribution in [1.29, 1.82) is 0 Å². The Morgan fingerprint density at radius 2 is 2.00 bits per heavy atom. The second kappa shape index (κ2) is 8.41. The molecule has 0 aliphatic heterocycles. The van der Waals surface area contributed by atoms with Gasteiger partial charge in [-0.1, -0.05) is 26.2 Å². The van der Waals surface area contributed by atoms with Crippen LogP contribution in [0.15, 0.2) is 0 Å². The van der Waals surface area contributed by atoms with Gasteiger partial charge < -0.3 is 5.32 Å². The SMILES string of the molecule is CC(CCl)CCCNCC1CCCCC1. The Kier molecular flexibility index (Phi) is 7.46. The third kappa shape index (κ3) is 6.42. The van der Waals surface area contributed by atoms with Crippen LogP contribution in [0, 0.1) is 11.8 Å². The van der Waals surface area contributed by atoms with E-state index in [-0.39, 0.29) is 0 Å². The molecular weight excluding hydrogens is 206 g/mol. The second-order valence-electron chi connectivity index (χ2n) is 5.11. The quantitative estimate of drug-likeness (QED) is 0.519. The zero-order valence-electron chi connectivity index (χ0n) is 10.1. The number of rotatable bonds is 7. The number of hydrogen-bond acceptors (Lipinski definition) is 1. The summed E-state index contributed by atoms with van der Waals surface area (Å²) in [7, 11) is 0. The van der Waals surface area contributed by atoms with Crippen LogP contribution in [0.4, 0.5) is 0 Å². The molecule has 2 heteroatoms. The lowest BCUT2D eigenvalue weighted by atomic mass is 9.89. The van der Waals surface area contributed by atoms with Gasteiger partial charge in [0.05, 0.1) is 0 Å². The summed E-state index contributed by atoms with van der Waals surface area (Å²) < 4.78 is 0. The van der Waals surface area contributed by atoms with Crippen molar-refractivity contribution in [2.45, 2.75) is 51.9 Å². The van der Waals surface area contributed by atoms with Gasteiger partial charge in [0, 0.05) is 5.88 Å². The van der Waals surface area contributed by atoms with Crippen LogP contribution >= 0.6 is 11.6 Å². The van der Waals surface area contributed by atoms with Crippen molar-refractivity contribution < 1.29 is 0 Å². The molecule has 0 spiro atoms. The largest absolute Gasteiger partial charge is 0.316 e. The molecule has 0 radical (unpaired) electrons. The van der Waals surface area contributed by atoms with Gasteiger partial charge in [-0.2, -0.15) is 0 Å². The highest BCUT2D eigenvalue weighted by Gasteiger charge is 2.12. The fraction of sp³-hybridized carbons (Fsp3) is 1.00. The van der Waals surface area contributed by atoms with Crippen LogP contribution in [-0.2, 0) is 0 Å². The van der Waals surface area contributed by atoms with Crippen LogP contribution in [0.1, 0.15) is 51.9 Å². The molecule has 1 nitrogen and oxygen atoms in total. The van der Waals surface area contributed by atoms with E-state index in [0.717, 1.165) is 11.8 Å². The van der Waals surface area contributed by atoms with Crippen LogP contribution < -0.4 is 5.32 Å². The summed E-state index contributed by atoms with van der Waals surface area (Å²) >= 11 is 5.77. The molecule has 0 saturated heterocycles. The maximum Gasteiger partial charge on any atom is 0.0249 e. The molecule has 0 heterocycles. The molecule has 1 rings (SSSR count). The number of halogens is 1. The molecule has 1 N–H and O–H groups in total. The van der Waals surface area contributed by atoms with Crippen LogP contribution in [0.5, 0.6) is 0 Å². The fourth-order valence-electron chi connectivity index (χ4n) is 2.35. The predicted molar refractivity (Wildman–Crippen MR) is 68.6 cm³/mol. The molecule has 0 aromatic heterocycles. The summed E-state index contributed by atoms with van der Waals surface area (Å²) in [6, 6.07) is 0. The van der Waals surface area contributed by atoms with Gasteiger partial charge in [0.15, 0.2) is 0 Å². The first-order chi connectivity index (χ1) is 7.33. The molecular formula is C13H26ClN. The van der Waals surface area contributed by atoms with Gasteiger partial charge in [-0.05, 0) is 50.6 Å². The van der Waals surface area contributed by atoms with E-state index >= 15 is 0 Å². The minimum atomic E-state index is 0.683. The van der Waals surface area contributed by atoms with Crippen molar-refractivity contribution in [2.24, 2.45) is 11.8 Å². The summed E-state index contributed by atoms with van der Waals surface area (Å²) in [5, 5.41) is 3.59. The molecule has 1 unspecified atom stereocenters. The normalized spacial score (nSPS) is 20.4. The maximum absolute atomic E-state index is 5.77. The summed E-state index contributed by atoms with van der Waals surface area (Å²) in [4.78, 5) is 0. The van der Waals surface area contributed by atoms with Crippen molar-refractivity contribution in [3.63, 3.8) is 0 Å². The lowest BCUT2D eigenvalue weighted by Gasteiger charge is -2.21. The van der Waals surface area contributed by atoms with Crippen LogP contribution in [0.2, 0.25) is 0 Å². The summed E-state index contributed by atoms with van der Waals surface area (Å²) in [6.07, 6.45) is 9.81. The number of alkyl halides is 1. The highest BCUT2D eigenvalue weighted by molar-refractivity contribution is 6.18. The Labute approximate surface area is 100.0 Å². The monoisotopic (exact) mass is 231 g/mol. The average molecular weight is 232 g/mol. The minimum absolute atomic E-state index is 0.683. The topological polar surface area (TPSA) is 12.0 Å². The fourth-order valence-corrected chi connectivity index (χ4v) is 2.50. The third-order valence-corrected chi connectivity index (χ3v) is 4.00. The molecule has 1 saturated carbocycles. The van der Waals surface area contributed by atoms with Crippen molar-refractivity contribution in [3.05, 3.63) is 0 Å². The van der Waals surface area contributed by atoms with Gasteiger partial charge in [0.2, 0.25) is 0 Å². The van der Waals surface area contributed by atoms with Crippen LogP contribution in [0.3, 0.4) is 0 Å². The van der Waals surface area contributed by atoms with Crippen molar-refractivity contribution in [2.75, 3.05) is 19.0 Å². The first-order valence-electron chi connectivity index (χ1n) is 6.59. The summed E-state index contributed by atoms with van der Waals surface area (Å²) in [6.45, 7) is 4.65. The van der Waals surface area contributed by atoms with E-state index in [1.807, 2.05) is 0 Å². The van der Waals surface area contributed by atoms with E-state index in [4.69, 9.17) is 11.6 Å².